The molecule has 1 heterocycles. The van der Waals surface area contributed by atoms with Gasteiger partial charge in [0, 0.05) is 34.3 Å². The Morgan fingerprint density at radius 3 is 2.75 bits per heavy atom. The van der Waals surface area contributed by atoms with Gasteiger partial charge in [-0.25, -0.2) is 4.98 Å². The smallest absolute Gasteiger partial charge is 0.185 e. The highest BCUT2D eigenvalue weighted by atomic mass is 79.9. The van der Waals surface area contributed by atoms with E-state index in [2.05, 4.69) is 45.0 Å². The van der Waals surface area contributed by atoms with Crippen LogP contribution in [0.2, 0.25) is 5.02 Å². The standard InChI is InChI=1S/C14H17BrClN3S/c1-3-19(4-2)14-18-9-11(20-14)8-17-10-5-6-12(15)13(16)7-10/h5-7,9,17H,3-4,8H2,1-2H3. The molecule has 0 saturated carbocycles. The first-order chi connectivity index (χ1) is 9.63. The van der Waals surface area contributed by atoms with E-state index in [4.69, 9.17) is 11.6 Å². The number of aromatic nitrogens is 1. The summed E-state index contributed by atoms with van der Waals surface area (Å²) in [5.74, 6) is 0. The molecule has 0 unspecified atom stereocenters. The van der Waals surface area contributed by atoms with Crippen molar-refractivity contribution in [2.75, 3.05) is 23.3 Å². The Bertz CT molecular complexity index is 569. The van der Waals surface area contributed by atoms with E-state index in [9.17, 15) is 0 Å². The maximum absolute atomic E-state index is 6.08. The van der Waals surface area contributed by atoms with E-state index in [1.165, 1.54) is 4.88 Å². The minimum absolute atomic E-state index is 0.711. The van der Waals surface area contributed by atoms with Crippen LogP contribution in [-0.2, 0) is 6.54 Å². The number of hydrogen-bond donors (Lipinski definition) is 1. The highest BCUT2D eigenvalue weighted by molar-refractivity contribution is 9.10. The highest BCUT2D eigenvalue weighted by Crippen LogP contribution is 2.27. The third-order valence-electron chi connectivity index (χ3n) is 2.96. The average Bonchev–Trinajstić information content (AvgIpc) is 2.90. The Morgan fingerprint density at radius 1 is 1.35 bits per heavy atom. The second-order valence-corrected chi connectivity index (χ2v) is 6.62. The third-order valence-corrected chi connectivity index (χ3v) is 5.25. The van der Waals surface area contributed by atoms with Crippen molar-refractivity contribution < 1.29 is 0 Å². The number of hydrogen-bond acceptors (Lipinski definition) is 4. The van der Waals surface area contributed by atoms with E-state index in [-0.39, 0.29) is 0 Å². The SMILES string of the molecule is CCN(CC)c1ncc(CNc2ccc(Br)c(Cl)c2)s1. The van der Waals surface area contributed by atoms with E-state index in [1.54, 1.807) is 11.3 Å². The molecule has 0 spiro atoms. The molecule has 6 heteroatoms. The number of rotatable bonds is 6. The van der Waals surface area contributed by atoms with Gasteiger partial charge in [0.25, 0.3) is 0 Å². The molecule has 1 N–H and O–H groups in total. The van der Waals surface area contributed by atoms with Gasteiger partial charge in [0.05, 0.1) is 11.6 Å². The summed E-state index contributed by atoms with van der Waals surface area (Å²) >= 11 is 11.2. The molecule has 0 atom stereocenters. The van der Waals surface area contributed by atoms with Gasteiger partial charge in [-0.15, -0.1) is 11.3 Å². The second kappa shape index (κ2) is 7.29. The van der Waals surface area contributed by atoms with Crippen molar-refractivity contribution in [3.8, 4) is 0 Å². The first-order valence-electron chi connectivity index (χ1n) is 6.52. The van der Waals surface area contributed by atoms with Crippen molar-refractivity contribution in [3.63, 3.8) is 0 Å². The molecule has 0 aliphatic rings. The van der Waals surface area contributed by atoms with Crippen LogP contribution in [0.25, 0.3) is 0 Å². The number of anilines is 2. The fraction of sp³-hybridized carbons (Fsp3) is 0.357. The van der Waals surface area contributed by atoms with Gasteiger partial charge < -0.3 is 10.2 Å². The summed E-state index contributed by atoms with van der Waals surface area (Å²) in [6.07, 6.45) is 1.94. The number of nitrogens with zero attached hydrogens (tertiary/aromatic N) is 2. The molecule has 0 aliphatic carbocycles. The van der Waals surface area contributed by atoms with E-state index in [1.807, 2.05) is 24.4 Å². The average molecular weight is 375 g/mol. The first kappa shape index (κ1) is 15.6. The maximum atomic E-state index is 6.08. The largest absolute Gasteiger partial charge is 0.380 e. The fourth-order valence-electron chi connectivity index (χ4n) is 1.81. The molecule has 0 radical (unpaired) electrons. The van der Waals surface area contributed by atoms with Gasteiger partial charge >= 0.3 is 0 Å². The molecular formula is C14H17BrClN3S. The van der Waals surface area contributed by atoms with Crippen LogP contribution in [0.5, 0.6) is 0 Å². The minimum atomic E-state index is 0.711. The summed E-state index contributed by atoms with van der Waals surface area (Å²) in [6, 6.07) is 5.86. The summed E-state index contributed by atoms with van der Waals surface area (Å²) in [5, 5.41) is 5.16. The van der Waals surface area contributed by atoms with Crippen LogP contribution < -0.4 is 10.2 Å². The van der Waals surface area contributed by atoms with Crippen LogP contribution >= 0.6 is 38.9 Å². The molecule has 0 aliphatic heterocycles. The third kappa shape index (κ3) is 3.87. The Balaban J connectivity index is 1.98. The van der Waals surface area contributed by atoms with Crippen molar-refractivity contribution in [1.82, 2.24) is 4.98 Å². The summed E-state index contributed by atoms with van der Waals surface area (Å²) in [6.45, 7) is 7.02. The molecule has 0 bridgehead atoms. The molecule has 2 rings (SSSR count). The number of nitrogens with one attached hydrogen (secondary N) is 1. The summed E-state index contributed by atoms with van der Waals surface area (Å²) in [7, 11) is 0. The van der Waals surface area contributed by atoms with E-state index < -0.39 is 0 Å². The van der Waals surface area contributed by atoms with Gasteiger partial charge in [0.1, 0.15) is 0 Å². The summed E-state index contributed by atoms with van der Waals surface area (Å²) in [4.78, 5) is 7.94. The molecule has 20 heavy (non-hydrogen) atoms. The predicted octanol–water partition coefficient (Wildman–Crippen LogP) is 5.02. The zero-order valence-electron chi connectivity index (χ0n) is 11.5. The molecular weight excluding hydrogens is 358 g/mol. The van der Waals surface area contributed by atoms with Gasteiger partial charge in [-0.2, -0.15) is 0 Å². The maximum Gasteiger partial charge on any atom is 0.185 e. The Kier molecular flexibility index (Phi) is 5.69. The topological polar surface area (TPSA) is 28.2 Å². The zero-order valence-corrected chi connectivity index (χ0v) is 14.6. The van der Waals surface area contributed by atoms with Gasteiger partial charge in [0.2, 0.25) is 0 Å². The summed E-state index contributed by atoms with van der Waals surface area (Å²) < 4.78 is 0.909. The molecule has 0 fully saturated rings. The first-order valence-corrected chi connectivity index (χ1v) is 8.51. The van der Waals surface area contributed by atoms with Gasteiger partial charge in [0.15, 0.2) is 5.13 Å². The number of benzene rings is 1. The fourth-order valence-corrected chi connectivity index (χ4v) is 3.22. The van der Waals surface area contributed by atoms with E-state index >= 15 is 0 Å². The molecule has 2 aromatic rings. The quantitative estimate of drug-likeness (QED) is 0.769. The lowest BCUT2D eigenvalue weighted by Gasteiger charge is -2.16. The molecule has 0 amide bonds. The lowest BCUT2D eigenvalue weighted by atomic mass is 10.3. The van der Waals surface area contributed by atoms with Crippen LogP contribution in [0.4, 0.5) is 10.8 Å². The predicted molar refractivity (Wildman–Crippen MR) is 92.2 cm³/mol. The van der Waals surface area contributed by atoms with Crippen molar-refractivity contribution in [1.29, 1.82) is 0 Å². The van der Waals surface area contributed by atoms with Crippen molar-refractivity contribution in [2.24, 2.45) is 0 Å². The van der Waals surface area contributed by atoms with Crippen molar-refractivity contribution in [3.05, 3.63) is 38.8 Å². The Hall–Kier alpha value is -0.780. The van der Waals surface area contributed by atoms with Crippen molar-refractivity contribution in [2.45, 2.75) is 20.4 Å². The van der Waals surface area contributed by atoms with E-state index in [0.29, 0.717) is 5.02 Å². The number of halogens is 2. The molecule has 3 nitrogen and oxygen atoms in total. The Labute approximate surface area is 137 Å². The van der Waals surface area contributed by atoms with Crippen LogP contribution in [0, 0.1) is 0 Å². The van der Waals surface area contributed by atoms with Gasteiger partial charge in [-0.3, -0.25) is 0 Å². The van der Waals surface area contributed by atoms with Crippen LogP contribution in [-0.4, -0.2) is 18.1 Å². The van der Waals surface area contributed by atoms with E-state index in [0.717, 1.165) is 34.9 Å². The Morgan fingerprint density at radius 2 is 2.10 bits per heavy atom. The summed E-state index contributed by atoms with van der Waals surface area (Å²) in [5.41, 5.74) is 1.01. The van der Waals surface area contributed by atoms with Crippen molar-refractivity contribution >= 4 is 49.7 Å². The minimum Gasteiger partial charge on any atom is -0.380 e. The second-order valence-electron chi connectivity index (χ2n) is 4.26. The molecule has 1 aromatic heterocycles. The molecule has 0 saturated heterocycles. The lowest BCUT2D eigenvalue weighted by Crippen LogP contribution is -2.21. The van der Waals surface area contributed by atoms with Crippen LogP contribution in [0.3, 0.4) is 0 Å². The molecule has 108 valence electrons. The number of thiazole rings is 1. The lowest BCUT2D eigenvalue weighted by molar-refractivity contribution is 0.860. The zero-order chi connectivity index (χ0) is 14.5. The molecule has 1 aromatic carbocycles. The normalized spacial score (nSPS) is 10.6. The van der Waals surface area contributed by atoms with Crippen LogP contribution in [0.15, 0.2) is 28.9 Å². The van der Waals surface area contributed by atoms with Gasteiger partial charge in [-0.1, -0.05) is 11.6 Å². The van der Waals surface area contributed by atoms with Gasteiger partial charge in [-0.05, 0) is 48.0 Å². The van der Waals surface area contributed by atoms with Crippen LogP contribution in [0.1, 0.15) is 18.7 Å². The highest BCUT2D eigenvalue weighted by Gasteiger charge is 2.07. The monoisotopic (exact) mass is 373 g/mol.